The van der Waals surface area contributed by atoms with E-state index in [1.807, 2.05) is 0 Å². The van der Waals surface area contributed by atoms with Crippen LogP contribution in [-0.4, -0.2) is 27.1 Å². The van der Waals surface area contributed by atoms with E-state index in [9.17, 15) is 4.79 Å². The molecule has 3 N–H and O–H groups in total. The largest absolute Gasteiger partial charge is 0.481 e. The van der Waals surface area contributed by atoms with Crippen LogP contribution >= 0.6 is 0 Å². The number of aliphatic hydroxyl groups is 2. The van der Waals surface area contributed by atoms with Crippen molar-refractivity contribution < 1.29 is 20.1 Å². The van der Waals surface area contributed by atoms with Gasteiger partial charge in [0.15, 0.2) is 5.79 Å². The number of rotatable bonds is 3. The first kappa shape index (κ1) is 8.39. The highest BCUT2D eigenvalue weighted by atomic mass is 16.5. The summed E-state index contributed by atoms with van der Waals surface area (Å²) in [5.41, 5.74) is 0. The Morgan fingerprint density at radius 2 is 2.00 bits per heavy atom. The van der Waals surface area contributed by atoms with Crippen LogP contribution in [0.1, 0.15) is 12.8 Å². The number of aliphatic carboxylic acids is 1. The van der Waals surface area contributed by atoms with E-state index in [2.05, 4.69) is 6.92 Å². The normalized spacial score (nSPS) is 11.4. The Morgan fingerprint density at radius 3 is 2.11 bits per heavy atom. The van der Waals surface area contributed by atoms with Crippen molar-refractivity contribution in [1.29, 1.82) is 0 Å². The summed E-state index contributed by atoms with van der Waals surface area (Å²) >= 11 is 0. The number of carbonyl (C=O) groups is 1. The lowest BCUT2D eigenvalue weighted by Gasteiger charge is -2.15. The van der Waals surface area contributed by atoms with Gasteiger partial charge in [-0.2, -0.15) is 0 Å². The van der Waals surface area contributed by atoms with Gasteiger partial charge in [-0.15, -0.1) is 0 Å². The van der Waals surface area contributed by atoms with Crippen molar-refractivity contribution in [2.75, 3.05) is 0 Å². The minimum Gasteiger partial charge on any atom is -0.481 e. The molecule has 0 bridgehead atoms. The molecule has 0 saturated heterocycles. The average Bonchev–Trinajstić information content (AvgIpc) is 1.63. The molecule has 0 aromatic carbocycles. The molecule has 9 heavy (non-hydrogen) atoms. The second kappa shape index (κ2) is 2.80. The Morgan fingerprint density at radius 1 is 1.56 bits per heavy atom. The average molecular weight is 133 g/mol. The van der Waals surface area contributed by atoms with Gasteiger partial charge < -0.3 is 15.3 Å². The van der Waals surface area contributed by atoms with Crippen LogP contribution in [0, 0.1) is 6.92 Å². The molecule has 1 radical (unpaired) electrons. The predicted octanol–water partition coefficient (Wildman–Crippen LogP) is -0.634. The van der Waals surface area contributed by atoms with Gasteiger partial charge in [-0.05, 0) is 6.92 Å². The van der Waals surface area contributed by atoms with Crippen LogP contribution in [-0.2, 0) is 4.79 Å². The lowest BCUT2D eigenvalue weighted by atomic mass is 10.1. The molecule has 0 heterocycles. The van der Waals surface area contributed by atoms with Crippen molar-refractivity contribution in [3.63, 3.8) is 0 Å². The van der Waals surface area contributed by atoms with Gasteiger partial charge in [0.25, 0.3) is 0 Å². The summed E-state index contributed by atoms with van der Waals surface area (Å²) < 4.78 is 0. The molecule has 0 saturated carbocycles. The summed E-state index contributed by atoms with van der Waals surface area (Å²) in [5.74, 6) is -3.39. The van der Waals surface area contributed by atoms with Gasteiger partial charge in [-0.25, -0.2) is 0 Å². The van der Waals surface area contributed by atoms with E-state index < -0.39 is 18.2 Å². The summed E-state index contributed by atoms with van der Waals surface area (Å²) in [4.78, 5) is 9.83. The van der Waals surface area contributed by atoms with Gasteiger partial charge in [0.2, 0.25) is 0 Å². The maximum atomic E-state index is 9.83. The first-order valence-electron chi connectivity index (χ1n) is 2.44. The minimum absolute atomic E-state index is 0.223. The van der Waals surface area contributed by atoms with E-state index >= 15 is 0 Å². The fourth-order valence-electron chi connectivity index (χ4n) is 0.331. The summed E-state index contributed by atoms with van der Waals surface area (Å²) in [6.07, 6.45) is -0.907. The molecule has 0 aromatic heterocycles. The molecule has 0 aliphatic heterocycles. The van der Waals surface area contributed by atoms with Gasteiger partial charge in [-0.3, -0.25) is 4.79 Å². The first-order chi connectivity index (χ1) is 3.98. The molecule has 0 unspecified atom stereocenters. The number of hydrogen-bond donors (Lipinski definition) is 3. The second-order valence-corrected chi connectivity index (χ2v) is 1.80. The molecule has 0 spiro atoms. The van der Waals surface area contributed by atoms with Crippen LogP contribution < -0.4 is 0 Å². The zero-order valence-corrected chi connectivity index (χ0v) is 4.87. The second-order valence-electron chi connectivity index (χ2n) is 1.80. The molecule has 0 atom stereocenters. The Kier molecular flexibility index (Phi) is 2.61. The molecule has 0 aromatic rings. The van der Waals surface area contributed by atoms with E-state index in [1.54, 1.807) is 0 Å². The molecule has 4 nitrogen and oxygen atoms in total. The lowest BCUT2D eigenvalue weighted by Crippen LogP contribution is -2.30. The van der Waals surface area contributed by atoms with Gasteiger partial charge in [0.05, 0.1) is 6.42 Å². The van der Waals surface area contributed by atoms with Crippen LogP contribution in [0.4, 0.5) is 0 Å². The molecule has 0 aliphatic carbocycles. The van der Waals surface area contributed by atoms with Crippen LogP contribution in [0.25, 0.3) is 0 Å². The van der Waals surface area contributed by atoms with Gasteiger partial charge in [0, 0.05) is 6.42 Å². The predicted molar refractivity (Wildman–Crippen MR) is 29.4 cm³/mol. The number of carboxylic acids is 1. The molecule has 0 amide bonds. The van der Waals surface area contributed by atoms with Crippen molar-refractivity contribution in [3.8, 4) is 0 Å². The Labute approximate surface area is 52.7 Å². The zero-order chi connectivity index (χ0) is 7.49. The van der Waals surface area contributed by atoms with E-state index in [1.165, 1.54) is 0 Å². The van der Waals surface area contributed by atoms with E-state index in [0.717, 1.165) is 0 Å². The highest BCUT2D eigenvalue weighted by Crippen LogP contribution is 2.08. The standard InChI is InChI=1S/C5H9O4/c1-2-5(8,9)3-4(6)7/h8-9H,1-3H2,(H,6,7). The first-order valence-corrected chi connectivity index (χ1v) is 2.44. The van der Waals surface area contributed by atoms with Gasteiger partial charge >= 0.3 is 5.97 Å². The van der Waals surface area contributed by atoms with Crippen molar-refractivity contribution >= 4 is 5.97 Å². The van der Waals surface area contributed by atoms with Crippen molar-refractivity contribution in [2.24, 2.45) is 0 Å². The third-order valence-corrected chi connectivity index (χ3v) is 0.835. The van der Waals surface area contributed by atoms with Crippen LogP contribution in [0.2, 0.25) is 0 Å². The van der Waals surface area contributed by atoms with Crippen molar-refractivity contribution in [3.05, 3.63) is 6.92 Å². The minimum atomic E-state index is -2.15. The maximum Gasteiger partial charge on any atom is 0.308 e. The molecular formula is C5H9O4. The molecule has 53 valence electrons. The SMILES string of the molecule is [CH2]CC(O)(O)CC(=O)O. The zero-order valence-electron chi connectivity index (χ0n) is 4.87. The summed E-state index contributed by atoms with van der Waals surface area (Å²) in [5, 5.41) is 25.2. The topological polar surface area (TPSA) is 77.8 Å². The van der Waals surface area contributed by atoms with Crippen molar-refractivity contribution in [2.45, 2.75) is 18.6 Å². The Bertz CT molecular complexity index is 108. The lowest BCUT2D eigenvalue weighted by molar-refractivity contribution is -0.179. The molecular weight excluding hydrogens is 124 g/mol. The Hall–Kier alpha value is -0.610. The van der Waals surface area contributed by atoms with Crippen LogP contribution in [0.5, 0.6) is 0 Å². The Balaban J connectivity index is 3.71. The smallest absolute Gasteiger partial charge is 0.308 e. The van der Waals surface area contributed by atoms with Gasteiger partial charge in [0.1, 0.15) is 0 Å². The van der Waals surface area contributed by atoms with Gasteiger partial charge in [-0.1, -0.05) is 0 Å². The molecule has 0 fully saturated rings. The van der Waals surface area contributed by atoms with Crippen LogP contribution in [0.3, 0.4) is 0 Å². The third-order valence-electron chi connectivity index (χ3n) is 0.835. The van der Waals surface area contributed by atoms with E-state index in [0.29, 0.717) is 0 Å². The van der Waals surface area contributed by atoms with E-state index in [-0.39, 0.29) is 6.42 Å². The van der Waals surface area contributed by atoms with Crippen LogP contribution in [0.15, 0.2) is 0 Å². The summed E-state index contributed by atoms with van der Waals surface area (Å²) in [6.45, 7) is 3.15. The fourth-order valence-corrected chi connectivity index (χ4v) is 0.331. The highest BCUT2D eigenvalue weighted by molar-refractivity contribution is 5.67. The fraction of sp³-hybridized carbons (Fsp3) is 0.600. The molecule has 4 heteroatoms. The maximum absolute atomic E-state index is 9.83. The molecule has 0 aliphatic rings. The summed E-state index contributed by atoms with van der Waals surface area (Å²) in [6, 6.07) is 0. The van der Waals surface area contributed by atoms with Crippen molar-refractivity contribution in [1.82, 2.24) is 0 Å². The highest BCUT2D eigenvalue weighted by Gasteiger charge is 2.23. The van der Waals surface area contributed by atoms with E-state index in [4.69, 9.17) is 15.3 Å². The monoisotopic (exact) mass is 133 g/mol. The quantitative estimate of drug-likeness (QED) is 0.448. The molecule has 0 rings (SSSR count). The number of hydrogen-bond acceptors (Lipinski definition) is 3. The third kappa shape index (κ3) is 3.93. The summed E-state index contributed by atoms with van der Waals surface area (Å²) in [7, 11) is 0. The number of carboxylic acid groups (broad SMARTS) is 1.